The van der Waals surface area contributed by atoms with Gasteiger partial charge in [-0.1, -0.05) is 175 Å². The van der Waals surface area contributed by atoms with Crippen LogP contribution in [0.5, 0.6) is 0 Å². The average Bonchev–Trinajstić information content (AvgIpc) is 2.90. The van der Waals surface area contributed by atoms with E-state index < -0.39 is 0 Å². The molecule has 2 heteroatoms. The lowest BCUT2D eigenvalue weighted by atomic mass is 9.85. The van der Waals surface area contributed by atoms with Crippen molar-refractivity contribution in [3.8, 4) is 0 Å². The fraction of sp³-hybridized carbons (Fsp3) is 1.00. The first-order chi connectivity index (χ1) is 17.7. The van der Waals surface area contributed by atoms with Gasteiger partial charge in [-0.25, -0.2) is 0 Å². The van der Waals surface area contributed by atoms with E-state index in [0.717, 1.165) is 6.42 Å². The molecule has 0 rings (SSSR count). The third-order valence-electron chi connectivity index (χ3n) is 8.62. The van der Waals surface area contributed by atoms with Crippen molar-refractivity contribution in [3.63, 3.8) is 0 Å². The summed E-state index contributed by atoms with van der Waals surface area (Å²) >= 11 is 0. The van der Waals surface area contributed by atoms with Gasteiger partial charge in [-0.05, 0) is 19.3 Å². The van der Waals surface area contributed by atoms with Crippen LogP contribution in [0, 0.1) is 5.92 Å². The predicted octanol–water partition coefficient (Wildman–Crippen LogP) is 12.2. The Kier molecular flexibility index (Phi) is 27.9. The lowest BCUT2D eigenvalue weighted by Crippen LogP contribution is -2.41. The molecule has 36 heavy (non-hydrogen) atoms. The van der Waals surface area contributed by atoms with Crippen molar-refractivity contribution in [2.24, 2.45) is 5.92 Å². The Balaban J connectivity index is 3.75. The number of hydrogen-bond acceptors (Lipinski definition) is 2. The Bertz CT molecular complexity index is 396. The molecule has 0 saturated heterocycles. The highest BCUT2D eigenvalue weighted by atomic mass is 16.7. The fourth-order valence-electron chi connectivity index (χ4n) is 6.04. The van der Waals surface area contributed by atoms with Gasteiger partial charge in [0.05, 0.1) is 0 Å². The van der Waals surface area contributed by atoms with Crippen molar-refractivity contribution < 1.29 is 9.47 Å². The maximum absolute atomic E-state index is 5.96. The SMILES string of the molecule is CCCCCCCCCCCCCCCCCCCCC(CCCCCCCC)C(CC)(OC)OC. The smallest absolute Gasteiger partial charge is 0.170 e. The van der Waals surface area contributed by atoms with Gasteiger partial charge in [0.2, 0.25) is 0 Å². The summed E-state index contributed by atoms with van der Waals surface area (Å²) in [5, 5.41) is 0. The van der Waals surface area contributed by atoms with Crippen LogP contribution in [0.2, 0.25) is 0 Å². The van der Waals surface area contributed by atoms with Gasteiger partial charge in [0.15, 0.2) is 5.79 Å². The Morgan fingerprint density at radius 2 is 0.639 bits per heavy atom. The first-order valence-corrected chi connectivity index (χ1v) is 16.8. The van der Waals surface area contributed by atoms with Crippen LogP contribution >= 0.6 is 0 Å². The van der Waals surface area contributed by atoms with E-state index in [1.807, 2.05) is 14.2 Å². The minimum atomic E-state index is -0.377. The van der Waals surface area contributed by atoms with E-state index in [1.54, 1.807) is 0 Å². The highest BCUT2D eigenvalue weighted by Gasteiger charge is 2.36. The van der Waals surface area contributed by atoms with Crippen LogP contribution < -0.4 is 0 Å². The van der Waals surface area contributed by atoms with Crippen molar-refractivity contribution in [1.29, 1.82) is 0 Å². The van der Waals surface area contributed by atoms with E-state index in [0.29, 0.717) is 5.92 Å². The summed E-state index contributed by atoms with van der Waals surface area (Å²) in [4.78, 5) is 0. The molecule has 0 radical (unpaired) electrons. The lowest BCUT2D eigenvalue weighted by Gasteiger charge is -2.38. The lowest BCUT2D eigenvalue weighted by molar-refractivity contribution is -0.244. The zero-order chi connectivity index (χ0) is 26.6. The van der Waals surface area contributed by atoms with Crippen LogP contribution in [0.25, 0.3) is 0 Å². The highest BCUT2D eigenvalue weighted by Crippen LogP contribution is 2.35. The molecule has 1 atom stereocenters. The molecule has 218 valence electrons. The van der Waals surface area contributed by atoms with Crippen molar-refractivity contribution in [2.75, 3.05) is 14.2 Å². The molecule has 0 amide bonds. The molecule has 0 aliphatic rings. The summed E-state index contributed by atoms with van der Waals surface area (Å²) < 4.78 is 11.9. The highest BCUT2D eigenvalue weighted by molar-refractivity contribution is 4.78. The third-order valence-corrected chi connectivity index (χ3v) is 8.62. The van der Waals surface area contributed by atoms with Crippen molar-refractivity contribution in [2.45, 2.75) is 200 Å². The molecule has 0 spiro atoms. The molecule has 0 N–H and O–H groups in total. The van der Waals surface area contributed by atoms with Crippen molar-refractivity contribution in [3.05, 3.63) is 0 Å². The van der Waals surface area contributed by atoms with Crippen molar-refractivity contribution in [1.82, 2.24) is 0 Å². The maximum atomic E-state index is 5.96. The molecular weight excluding hydrogens is 440 g/mol. The van der Waals surface area contributed by atoms with E-state index in [2.05, 4.69) is 20.8 Å². The molecule has 2 nitrogen and oxygen atoms in total. The van der Waals surface area contributed by atoms with Gasteiger partial charge < -0.3 is 9.47 Å². The second-order valence-corrected chi connectivity index (χ2v) is 11.6. The molecule has 0 fully saturated rings. The van der Waals surface area contributed by atoms with Gasteiger partial charge >= 0.3 is 0 Å². The zero-order valence-electron chi connectivity index (χ0n) is 26.0. The number of unbranched alkanes of at least 4 members (excludes halogenated alkanes) is 22. The molecular formula is C34H70O2. The Hall–Kier alpha value is -0.0800. The summed E-state index contributed by atoms with van der Waals surface area (Å²) in [6.45, 7) is 6.82. The molecule has 0 aromatic rings. The Labute approximate surface area is 229 Å². The summed E-state index contributed by atoms with van der Waals surface area (Å²) in [5.41, 5.74) is 0. The van der Waals surface area contributed by atoms with Gasteiger partial charge in [-0.3, -0.25) is 0 Å². The van der Waals surface area contributed by atoms with E-state index in [9.17, 15) is 0 Å². The van der Waals surface area contributed by atoms with Crippen LogP contribution in [-0.4, -0.2) is 20.0 Å². The van der Waals surface area contributed by atoms with Crippen LogP contribution in [0.1, 0.15) is 194 Å². The first kappa shape index (κ1) is 35.9. The molecule has 0 saturated carbocycles. The predicted molar refractivity (Wildman–Crippen MR) is 162 cm³/mol. The Morgan fingerprint density at radius 3 is 0.861 bits per heavy atom. The van der Waals surface area contributed by atoms with Crippen LogP contribution in [-0.2, 0) is 9.47 Å². The second-order valence-electron chi connectivity index (χ2n) is 11.6. The van der Waals surface area contributed by atoms with Crippen molar-refractivity contribution >= 4 is 0 Å². The van der Waals surface area contributed by atoms with Gasteiger partial charge in [0.25, 0.3) is 0 Å². The molecule has 0 aromatic carbocycles. The standard InChI is InChI=1S/C34H70O2/c1-6-9-11-13-15-16-17-18-19-20-21-22-23-24-25-26-28-30-32-33(34(8-3,35-4)36-5)31-29-27-14-12-10-7-2/h33H,6-32H2,1-5H3. The number of ether oxygens (including phenoxy) is 2. The monoisotopic (exact) mass is 511 g/mol. The quantitative estimate of drug-likeness (QED) is 0.0706. The molecule has 0 bridgehead atoms. The van der Waals surface area contributed by atoms with Gasteiger partial charge in [0.1, 0.15) is 0 Å². The number of rotatable bonds is 30. The van der Waals surface area contributed by atoms with E-state index >= 15 is 0 Å². The van der Waals surface area contributed by atoms with Crippen LogP contribution in [0.4, 0.5) is 0 Å². The molecule has 0 aliphatic heterocycles. The largest absolute Gasteiger partial charge is 0.353 e. The third kappa shape index (κ3) is 20.0. The molecule has 0 aromatic heterocycles. The van der Waals surface area contributed by atoms with Gasteiger partial charge in [0, 0.05) is 20.1 Å². The summed E-state index contributed by atoms with van der Waals surface area (Å²) in [7, 11) is 3.69. The normalized spacial score (nSPS) is 12.9. The maximum Gasteiger partial charge on any atom is 0.170 e. The summed E-state index contributed by atoms with van der Waals surface area (Å²) in [6.07, 6.45) is 37.5. The fourth-order valence-corrected chi connectivity index (χ4v) is 6.04. The molecule has 1 unspecified atom stereocenters. The average molecular weight is 511 g/mol. The van der Waals surface area contributed by atoms with Crippen LogP contribution in [0.3, 0.4) is 0 Å². The topological polar surface area (TPSA) is 18.5 Å². The summed E-state index contributed by atoms with van der Waals surface area (Å²) in [6, 6.07) is 0. The van der Waals surface area contributed by atoms with Gasteiger partial charge in [-0.15, -0.1) is 0 Å². The first-order valence-electron chi connectivity index (χ1n) is 16.8. The zero-order valence-corrected chi connectivity index (χ0v) is 26.0. The van der Waals surface area contributed by atoms with Gasteiger partial charge in [-0.2, -0.15) is 0 Å². The van der Waals surface area contributed by atoms with E-state index in [4.69, 9.17) is 9.47 Å². The summed E-state index contributed by atoms with van der Waals surface area (Å²) in [5.74, 6) is 0.155. The molecule has 0 heterocycles. The van der Waals surface area contributed by atoms with Crippen LogP contribution in [0.15, 0.2) is 0 Å². The molecule has 0 aliphatic carbocycles. The minimum Gasteiger partial charge on any atom is -0.353 e. The van der Waals surface area contributed by atoms with E-state index in [-0.39, 0.29) is 5.79 Å². The number of hydrogen-bond donors (Lipinski definition) is 0. The van der Waals surface area contributed by atoms with E-state index in [1.165, 1.54) is 167 Å². The second kappa shape index (κ2) is 27.9. The Morgan fingerprint density at radius 1 is 0.389 bits per heavy atom. The number of methoxy groups -OCH3 is 2. The minimum absolute atomic E-state index is 0.377.